The van der Waals surface area contributed by atoms with E-state index in [0.29, 0.717) is 24.6 Å². The molecule has 0 spiro atoms. The summed E-state index contributed by atoms with van der Waals surface area (Å²) in [5.74, 6) is 0.979. The standard InChI is InChI=1S/C24H29N5O4/c1-3-7-19-16-20(27-33-19)24(31)28-14-11-18(12-15-28)29-21(10-13-25-29)26-23(30)22(32-2)17-8-5-4-6-9-17/h4-6,8-10,13,16,18,22H,3,7,11-12,14-15H2,1-2H3,(H,26,30). The Morgan fingerprint density at radius 2 is 1.97 bits per heavy atom. The zero-order valence-electron chi connectivity index (χ0n) is 18.9. The molecule has 1 atom stereocenters. The largest absolute Gasteiger partial charge is 0.367 e. The minimum absolute atomic E-state index is 0.0741. The molecule has 1 aliphatic rings. The summed E-state index contributed by atoms with van der Waals surface area (Å²) in [7, 11) is 1.52. The fourth-order valence-electron chi connectivity index (χ4n) is 4.17. The molecule has 0 radical (unpaired) electrons. The third-order valence-electron chi connectivity index (χ3n) is 5.87. The zero-order chi connectivity index (χ0) is 23.2. The summed E-state index contributed by atoms with van der Waals surface area (Å²) in [6, 6.07) is 12.9. The zero-order valence-corrected chi connectivity index (χ0v) is 18.9. The Kier molecular flexibility index (Phi) is 7.19. The third kappa shape index (κ3) is 5.14. The van der Waals surface area contributed by atoms with Gasteiger partial charge in [-0.1, -0.05) is 42.4 Å². The van der Waals surface area contributed by atoms with Gasteiger partial charge in [0.15, 0.2) is 11.8 Å². The Hall–Kier alpha value is -3.46. The minimum Gasteiger partial charge on any atom is -0.367 e. The lowest BCUT2D eigenvalue weighted by Gasteiger charge is -2.32. The molecule has 0 bridgehead atoms. The lowest BCUT2D eigenvalue weighted by atomic mass is 10.0. The van der Waals surface area contributed by atoms with Crippen LogP contribution in [0.2, 0.25) is 0 Å². The van der Waals surface area contributed by atoms with Crippen molar-refractivity contribution in [1.82, 2.24) is 19.8 Å². The van der Waals surface area contributed by atoms with E-state index < -0.39 is 6.10 Å². The second-order valence-corrected chi connectivity index (χ2v) is 8.13. The van der Waals surface area contributed by atoms with Gasteiger partial charge in [0.25, 0.3) is 11.8 Å². The van der Waals surface area contributed by atoms with Crippen molar-refractivity contribution in [2.75, 3.05) is 25.5 Å². The van der Waals surface area contributed by atoms with E-state index >= 15 is 0 Å². The summed E-state index contributed by atoms with van der Waals surface area (Å²) >= 11 is 0. The highest BCUT2D eigenvalue weighted by atomic mass is 16.5. The van der Waals surface area contributed by atoms with Gasteiger partial charge in [-0.05, 0) is 24.8 Å². The Bertz CT molecular complexity index is 1070. The molecule has 1 aliphatic heterocycles. The number of aromatic nitrogens is 3. The molecule has 4 rings (SSSR count). The number of likely N-dealkylation sites (tertiary alicyclic amines) is 1. The number of aryl methyl sites for hydroxylation is 1. The number of carbonyl (C=O) groups excluding carboxylic acids is 2. The average molecular weight is 452 g/mol. The van der Waals surface area contributed by atoms with Crippen LogP contribution < -0.4 is 5.32 Å². The maximum absolute atomic E-state index is 12.9. The fraction of sp³-hybridized carbons (Fsp3) is 0.417. The summed E-state index contributed by atoms with van der Waals surface area (Å²) in [5.41, 5.74) is 1.14. The average Bonchev–Trinajstić information content (AvgIpc) is 3.50. The molecule has 1 N–H and O–H groups in total. The molecule has 2 aromatic heterocycles. The number of ether oxygens (including phenoxy) is 1. The number of piperidine rings is 1. The number of nitrogens with one attached hydrogen (secondary N) is 1. The molecule has 1 saturated heterocycles. The number of rotatable bonds is 8. The van der Waals surface area contributed by atoms with Crippen molar-refractivity contribution >= 4 is 17.6 Å². The third-order valence-corrected chi connectivity index (χ3v) is 5.87. The molecule has 2 amide bonds. The van der Waals surface area contributed by atoms with Crippen LogP contribution in [0.25, 0.3) is 0 Å². The molecule has 1 aromatic carbocycles. The van der Waals surface area contributed by atoms with E-state index in [1.165, 1.54) is 7.11 Å². The van der Waals surface area contributed by atoms with Gasteiger partial charge in [-0.3, -0.25) is 9.59 Å². The van der Waals surface area contributed by atoms with Gasteiger partial charge in [0, 0.05) is 38.8 Å². The highest BCUT2D eigenvalue weighted by molar-refractivity contribution is 5.94. The van der Waals surface area contributed by atoms with E-state index in [-0.39, 0.29) is 17.9 Å². The van der Waals surface area contributed by atoms with E-state index in [9.17, 15) is 9.59 Å². The van der Waals surface area contributed by atoms with Crippen molar-refractivity contribution in [3.05, 3.63) is 65.7 Å². The van der Waals surface area contributed by atoms with Crippen LogP contribution in [-0.2, 0) is 16.0 Å². The molecule has 9 nitrogen and oxygen atoms in total. The SMILES string of the molecule is CCCc1cc(C(=O)N2CCC(n3nccc3NC(=O)C(OC)c3ccccc3)CC2)no1. The van der Waals surface area contributed by atoms with Gasteiger partial charge in [-0.25, -0.2) is 4.68 Å². The van der Waals surface area contributed by atoms with Gasteiger partial charge in [-0.15, -0.1) is 0 Å². The van der Waals surface area contributed by atoms with Gasteiger partial charge in [-0.2, -0.15) is 5.10 Å². The van der Waals surface area contributed by atoms with Crippen molar-refractivity contribution in [3.8, 4) is 0 Å². The second-order valence-electron chi connectivity index (χ2n) is 8.13. The fourth-order valence-corrected chi connectivity index (χ4v) is 4.17. The number of hydrogen-bond acceptors (Lipinski definition) is 6. The molecule has 9 heteroatoms. The van der Waals surface area contributed by atoms with Crippen molar-refractivity contribution in [3.63, 3.8) is 0 Å². The maximum Gasteiger partial charge on any atom is 0.276 e. The van der Waals surface area contributed by atoms with Crippen LogP contribution in [0.4, 0.5) is 5.82 Å². The molecule has 1 unspecified atom stereocenters. The predicted molar refractivity (Wildman–Crippen MR) is 122 cm³/mol. The van der Waals surface area contributed by atoms with Crippen LogP contribution in [0, 0.1) is 0 Å². The number of carbonyl (C=O) groups is 2. The van der Waals surface area contributed by atoms with Crippen LogP contribution in [-0.4, -0.2) is 51.9 Å². The Balaban J connectivity index is 1.37. The highest BCUT2D eigenvalue weighted by Crippen LogP contribution is 2.27. The van der Waals surface area contributed by atoms with Crippen molar-refractivity contribution in [2.45, 2.75) is 44.8 Å². The molecule has 0 saturated carbocycles. The first-order chi connectivity index (χ1) is 16.1. The minimum atomic E-state index is -0.714. The van der Waals surface area contributed by atoms with Crippen LogP contribution in [0.3, 0.4) is 0 Å². The normalized spacial score (nSPS) is 15.4. The first-order valence-corrected chi connectivity index (χ1v) is 11.3. The summed E-state index contributed by atoms with van der Waals surface area (Å²) in [5, 5.41) is 11.3. The maximum atomic E-state index is 12.9. The van der Waals surface area contributed by atoms with Gasteiger partial charge in [0.05, 0.1) is 12.2 Å². The van der Waals surface area contributed by atoms with Crippen molar-refractivity contribution in [2.24, 2.45) is 0 Å². The topological polar surface area (TPSA) is 102 Å². The van der Waals surface area contributed by atoms with E-state index in [4.69, 9.17) is 9.26 Å². The van der Waals surface area contributed by atoms with Gasteiger partial charge in [0.1, 0.15) is 11.6 Å². The lowest BCUT2D eigenvalue weighted by molar-refractivity contribution is -0.126. The number of amides is 2. The monoisotopic (exact) mass is 451 g/mol. The molecular weight excluding hydrogens is 422 g/mol. The van der Waals surface area contributed by atoms with E-state index in [1.54, 1.807) is 23.2 Å². The number of anilines is 1. The van der Waals surface area contributed by atoms with Gasteiger partial charge in [0.2, 0.25) is 0 Å². The van der Waals surface area contributed by atoms with Gasteiger partial charge >= 0.3 is 0 Å². The molecule has 174 valence electrons. The van der Waals surface area contributed by atoms with Crippen LogP contribution >= 0.6 is 0 Å². The molecular formula is C24H29N5O4. The Morgan fingerprint density at radius 1 is 1.21 bits per heavy atom. The first kappa shape index (κ1) is 22.7. The summed E-state index contributed by atoms with van der Waals surface area (Å²) in [6.07, 6.45) is 4.11. The first-order valence-electron chi connectivity index (χ1n) is 11.3. The quantitative estimate of drug-likeness (QED) is 0.561. The summed E-state index contributed by atoms with van der Waals surface area (Å²) < 4.78 is 12.5. The molecule has 1 fully saturated rings. The number of methoxy groups -OCH3 is 1. The molecule has 33 heavy (non-hydrogen) atoms. The highest BCUT2D eigenvalue weighted by Gasteiger charge is 2.29. The number of benzene rings is 1. The van der Waals surface area contributed by atoms with E-state index in [1.807, 2.05) is 35.0 Å². The second kappa shape index (κ2) is 10.4. The van der Waals surface area contributed by atoms with Crippen molar-refractivity contribution in [1.29, 1.82) is 0 Å². The predicted octanol–water partition coefficient (Wildman–Crippen LogP) is 3.63. The molecule has 3 heterocycles. The Labute approximate surface area is 192 Å². The molecule has 3 aromatic rings. The summed E-state index contributed by atoms with van der Waals surface area (Å²) in [4.78, 5) is 27.4. The summed E-state index contributed by atoms with van der Waals surface area (Å²) in [6.45, 7) is 3.21. The van der Waals surface area contributed by atoms with Crippen LogP contribution in [0.5, 0.6) is 0 Å². The lowest BCUT2D eigenvalue weighted by Crippen LogP contribution is -2.39. The molecule has 0 aliphatic carbocycles. The van der Waals surface area contributed by atoms with E-state index in [0.717, 1.165) is 37.0 Å². The number of nitrogens with zero attached hydrogens (tertiary/aromatic N) is 4. The van der Waals surface area contributed by atoms with E-state index in [2.05, 4.69) is 22.5 Å². The Morgan fingerprint density at radius 3 is 2.67 bits per heavy atom. The van der Waals surface area contributed by atoms with Gasteiger partial charge < -0.3 is 19.5 Å². The number of hydrogen-bond donors (Lipinski definition) is 1. The van der Waals surface area contributed by atoms with Crippen LogP contribution in [0.1, 0.15) is 60.1 Å². The van der Waals surface area contributed by atoms with Crippen LogP contribution in [0.15, 0.2) is 53.2 Å². The smallest absolute Gasteiger partial charge is 0.276 e. The van der Waals surface area contributed by atoms with Crippen molar-refractivity contribution < 1.29 is 18.8 Å².